The third kappa shape index (κ3) is 0.839. The van der Waals surface area contributed by atoms with Gasteiger partial charge in [-0.25, -0.2) is 9.98 Å². The molecule has 0 saturated heterocycles. The number of thioether (sulfide) groups is 1. The van der Waals surface area contributed by atoms with E-state index in [1.54, 1.807) is 29.8 Å². The van der Waals surface area contributed by atoms with Gasteiger partial charge in [0.15, 0.2) is 0 Å². The van der Waals surface area contributed by atoms with Crippen molar-refractivity contribution in [2.75, 3.05) is 0 Å². The van der Waals surface area contributed by atoms with Crippen LogP contribution in [0.15, 0.2) is 21.9 Å². The molecule has 3 nitrogen and oxygen atoms in total. The number of rotatable bonds is 0. The van der Waals surface area contributed by atoms with Crippen LogP contribution in [-0.2, 0) is 0 Å². The van der Waals surface area contributed by atoms with Crippen LogP contribution in [0.1, 0.15) is 0 Å². The van der Waals surface area contributed by atoms with Gasteiger partial charge in [-0.15, -0.1) is 0 Å². The van der Waals surface area contributed by atoms with E-state index in [9.17, 15) is 0 Å². The van der Waals surface area contributed by atoms with E-state index >= 15 is 0 Å². The molecule has 2 aliphatic rings. The van der Waals surface area contributed by atoms with Gasteiger partial charge in [0.05, 0.1) is 17.4 Å². The second kappa shape index (κ2) is 2.29. The Labute approximate surface area is 67.6 Å². The van der Waals surface area contributed by atoms with Gasteiger partial charge in [0.25, 0.3) is 0 Å². The minimum atomic E-state index is 0.138. The Morgan fingerprint density at radius 3 is 3.40 bits per heavy atom. The summed E-state index contributed by atoms with van der Waals surface area (Å²) in [6.07, 6.45) is 3.30. The van der Waals surface area contributed by atoms with Crippen LogP contribution in [0, 0.1) is 0 Å². The van der Waals surface area contributed by atoms with Crippen molar-refractivity contribution in [2.45, 2.75) is 5.37 Å². The second-order valence-corrected chi connectivity index (χ2v) is 3.21. The highest BCUT2D eigenvalue weighted by Gasteiger charge is 2.25. The van der Waals surface area contributed by atoms with Gasteiger partial charge in [0.1, 0.15) is 11.7 Å². The molecule has 2 rings (SSSR count). The van der Waals surface area contributed by atoms with E-state index in [0.29, 0.717) is 0 Å². The first-order chi connectivity index (χ1) is 4.88. The van der Waals surface area contributed by atoms with Crippen LogP contribution in [0.3, 0.4) is 0 Å². The van der Waals surface area contributed by atoms with E-state index in [1.165, 1.54) is 4.42 Å². The summed E-state index contributed by atoms with van der Waals surface area (Å²) >= 11 is 7.34. The van der Waals surface area contributed by atoms with Gasteiger partial charge in [-0.1, -0.05) is 11.8 Å². The van der Waals surface area contributed by atoms with E-state index in [1.807, 2.05) is 0 Å². The average molecular weight is 174 g/mol. The van der Waals surface area contributed by atoms with Crippen molar-refractivity contribution < 1.29 is 0 Å². The molecule has 10 heavy (non-hydrogen) atoms. The van der Waals surface area contributed by atoms with Crippen molar-refractivity contribution >= 4 is 35.4 Å². The van der Waals surface area contributed by atoms with Crippen molar-refractivity contribution in [3.63, 3.8) is 0 Å². The number of hydrogen-bond acceptors (Lipinski definition) is 4. The smallest absolute Gasteiger partial charge is 0.141 e. The molecule has 0 amide bonds. The lowest BCUT2D eigenvalue weighted by atomic mass is 10.4. The monoisotopic (exact) mass is 173 g/mol. The normalized spacial score (nSPS) is 28.7. The maximum Gasteiger partial charge on any atom is 0.141 e. The minimum absolute atomic E-state index is 0.138. The van der Waals surface area contributed by atoms with Crippen LogP contribution in [0.5, 0.6) is 0 Å². The molecule has 2 heterocycles. The highest BCUT2D eigenvalue weighted by molar-refractivity contribution is 8.13. The lowest BCUT2D eigenvalue weighted by molar-refractivity contribution is 0.672. The van der Waals surface area contributed by atoms with Crippen molar-refractivity contribution in [3.05, 3.63) is 11.9 Å². The van der Waals surface area contributed by atoms with Crippen LogP contribution >= 0.6 is 23.5 Å². The van der Waals surface area contributed by atoms with Gasteiger partial charge >= 0.3 is 0 Å². The molecule has 0 aromatic heterocycles. The van der Waals surface area contributed by atoms with Crippen LogP contribution < -0.4 is 0 Å². The molecular formula is C5H4ClN3S. The molecule has 0 saturated carbocycles. The Balaban J connectivity index is 2.31. The zero-order chi connectivity index (χ0) is 6.97. The molecule has 0 aromatic carbocycles. The van der Waals surface area contributed by atoms with Gasteiger partial charge in [0.2, 0.25) is 0 Å². The molecule has 52 valence electrons. The molecule has 1 atom stereocenters. The molecule has 5 heteroatoms. The van der Waals surface area contributed by atoms with E-state index < -0.39 is 0 Å². The minimum Gasteiger partial charge on any atom is -0.255 e. The van der Waals surface area contributed by atoms with E-state index in [4.69, 9.17) is 11.8 Å². The Morgan fingerprint density at radius 2 is 2.60 bits per heavy atom. The van der Waals surface area contributed by atoms with Gasteiger partial charge in [0, 0.05) is 11.8 Å². The molecule has 1 unspecified atom stereocenters. The first-order valence-corrected chi connectivity index (χ1v) is 4.01. The van der Waals surface area contributed by atoms with E-state index in [0.717, 1.165) is 5.70 Å². The Bertz CT molecular complexity index is 235. The second-order valence-electron chi connectivity index (χ2n) is 1.89. The molecular weight excluding hydrogens is 170 g/mol. The number of nitrogens with zero attached hydrogens (tertiary/aromatic N) is 3. The molecule has 0 N–H and O–H groups in total. The van der Waals surface area contributed by atoms with Crippen molar-refractivity contribution in [3.8, 4) is 0 Å². The summed E-state index contributed by atoms with van der Waals surface area (Å²) in [5.74, 6) is 0. The average Bonchev–Trinajstić information content (AvgIpc) is 2.36. The van der Waals surface area contributed by atoms with Gasteiger partial charge in [-0.3, -0.25) is 4.42 Å². The SMILES string of the molecule is ClN1C=NC=C2N=CSC21. The Hall–Kier alpha value is -0.480. The van der Waals surface area contributed by atoms with Crippen LogP contribution in [0.25, 0.3) is 0 Å². The number of hydrogen-bond donors (Lipinski definition) is 0. The fraction of sp³-hybridized carbons (Fsp3) is 0.200. The fourth-order valence-electron chi connectivity index (χ4n) is 0.798. The summed E-state index contributed by atoms with van der Waals surface area (Å²) in [5, 5.41) is 0.138. The first-order valence-electron chi connectivity index (χ1n) is 2.73. The predicted octanol–water partition coefficient (Wildman–Crippen LogP) is 1.43. The summed E-state index contributed by atoms with van der Waals surface area (Å²) in [6, 6.07) is 0. The van der Waals surface area contributed by atoms with Gasteiger partial charge in [-0.2, -0.15) is 0 Å². The Kier molecular flexibility index (Phi) is 1.43. The first kappa shape index (κ1) is 6.24. The summed E-state index contributed by atoms with van der Waals surface area (Å²) in [4.78, 5) is 7.95. The highest BCUT2D eigenvalue weighted by atomic mass is 35.5. The van der Waals surface area contributed by atoms with Crippen LogP contribution in [0.2, 0.25) is 0 Å². The van der Waals surface area contributed by atoms with Gasteiger partial charge in [-0.05, 0) is 0 Å². The largest absolute Gasteiger partial charge is 0.255 e. The lowest BCUT2D eigenvalue weighted by Crippen LogP contribution is -2.24. The van der Waals surface area contributed by atoms with E-state index in [2.05, 4.69) is 9.98 Å². The summed E-state index contributed by atoms with van der Waals surface area (Å²) < 4.78 is 1.52. The maximum atomic E-state index is 5.76. The summed E-state index contributed by atoms with van der Waals surface area (Å²) in [6.45, 7) is 0. The number of halogens is 1. The van der Waals surface area contributed by atoms with Crippen molar-refractivity contribution in [1.82, 2.24) is 4.42 Å². The summed E-state index contributed by atoms with van der Waals surface area (Å²) in [5.41, 5.74) is 2.70. The lowest BCUT2D eigenvalue weighted by Gasteiger charge is -2.19. The number of fused-ring (bicyclic) bond motifs is 1. The predicted molar refractivity (Wildman–Crippen MR) is 44.1 cm³/mol. The highest BCUT2D eigenvalue weighted by Crippen LogP contribution is 2.30. The maximum absolute atomic E-state index is 5.76. The topological polar surface area (TPSA) is 28.0 Å². The molecule has 0 bridgehead atoms. The van der Waals surface area contributed by atoms with Crippen LogP contribution in [-0.4, -0.2) is 21.7 Å². The Morgan fingerprint density at radius 1 is 1.70 bits per heavy atom. The molecule has 2 aliphatic heterocycles. The fourth-order valence-corrected chi connectivity index (χ4v) is 1.82. The third-order valence-electron chi connectivity index (χ3n) is 1.25. The molecule has 0 fully saturated rings. The molecule has 0 radical (unpaired) electrons. The van der Waals surface area contributed by atoms with Crippen molar-refractivity contribution in [1.29, 1.82) is 0 Å². The van der Waals surface area contributed by atoms with E-state index in [-0.39, 0.29) is 5.37 Å². The zero-order valence-corrected chi connectivity index (χ0v) is 6.51. The quantitative estimate of drug-likeness (QED) is 0.519. The summed E-state index contributed by atoms with van der Waals surface area (Å²) in [7, 11) is 0. The standard InChI is InChI=1S/C5H4ClN3S/c6-9-2-7-1-4-5(9)10-3-8-4/h1-3,5H. The van der Waals surface area contributed by atoms with Crippen molar-refractivity contribution in [2.24, 2.45) is 9.98 Å². The zero-order valence-electron chi connectivity index (χ0n) is 4.94. The van der Waals surface area contributed by atoms with Crippen LogP contribution in [0.4, 0.5) is 0 Å². The molecule has 0 spiro atoms. The molecule has 0 aromatic rings. The third-order valence-corrected chi connectivity index (χ3v) is 2.60. The van der Waals surface area contributed by atoms with Gasteiger partial charge < -0.3 is 0 Å². The molecule has 0 aliphatic carbocycles. The number of aliphatic imine (C=N–C) groups is 2.